The molecule has 1 saturated carbocycles. The first kappa shape index (κ1) is 13.9. The van der Waals surface area contributed by atoms with Gasteiger partial charge in [-0.1, -0.05) is 36.6 Å². The fourth-order valence-corrected chi connectivity index (χ4v) is 3.09. The minimum Gasteiger partial charge on any atom is -0.333 e. The molecule has 1 saturated heterocycles. The van der Waals surface area contributed by atoms with Crippen molar-refractivity contribution in [3.63, 3.8) is 0 Å². The largest absolute Gasteiger partial charge is 0.333 e. The van der Waals surface area contributed by atoms with Crippen molar-refractivity contribution in [1.29, 1.82) is 0 Å². The second-order valence-electron chi connectivity index (χ2n) is 5.84. The Balaban J connectivity index is 1.70. The summed E-state index contributed by atoms with van der Waals surface area (Å²) in [5, 5.41) is 4.11. The van der Waals surface area contributed by atoms with Gasteiger partial charge >= 0.3 is 0 Å². The van der Waals surface area contributed by atoms with Crippen LogP contribution in [-0.2, 0) is 4.79 Å². The van der Waals surface area contributed by atoms with Crippen molar-refractivity contribution in [3.8, 4) is 0 Å². The molecule has 0 bridgehead atoms. The summed E-state index contributed by atoms with van der Waals surface area (Å²) < 4.78 is 0. The average molecular weight is 293 g/mol. The van der Waals surface area contributed by atoms with Crippen LogP contribution in [0.15, 0.2) is 24.3 Å². The number of nitrogens with one attached hydrogen (secondary N) is 1. The zero-order valence-electron chi connectivity index (χ0n) is 11.6. The predicted octanol–water partition coefficient (Wildman–Crippen LogP) is 3.00. The van der Waals surface area contributed by atoms with E-state index in [1.165, 1.54) is 12.8 Å². The van der Waals surface area contributed by atoms with Crippen LogP contribution < -0.4 is 5.32 Å². The number of nitrogens with zero attached hydrogens (tertiary/aromatic N) is 1. The molecular weight excluding hydrogens is 272 g/mol. The molecule has 2 aliphatic rings. The zero-order valence-corrected chi connectivity index (χ0v) is 12.4. The number of piperazine rings is 1. The van der Waals surface area contributed by atoms with Gasteiger partial charge < -0.3 is 10.2 Å². The molecule has 1 aromatic rings. The lowest BCUT2D eigenvalue weighted by Crippen LogP contribution is -2.48. The molecule has 1 heterocycles. The van der Waals surface area contributed by atoms with Crippen LogP contribution in [0.3, 0.4) is 0 Å². The van der Waals surface area contributed by atoms with E-state index in [1.807, 2.05) is 23.1 Å². The summed E-state index contributed by atoms with van der Waals surface area (Å²) in [6.45, 7) is 2.49. The highest BCUT2D eigenvalue weighted by atomic mass is 35.5. The molecule has 0 aromatic heterocycles. The van der Waals surface area contributed by atoms with Crippen molar-refractivity contribution >= 4 is 17.5 Å². The van der Waals surface area contributed by atoms with Gasteiger partial charge in [0, 0.05) is 31.1 Å². The van der Waals surface area contributed by atoms with Crippen molar-refractivity contribution in [1.82, 2.24) is 10.2 Å². The summed E-state index contributed by atoms with van der Waals surface area (Å²) in [5.41, 5.74) is 1.13. The van der Waals surface area contributed by atoms with Gasteiger partial charge in [0.2, 0.25) is 5.91 Å². The molecule has 1 aliphatic heterocycles. The van der Waals surface area contributed by atoms with Crippen LogP contribution in [0.25, 0.3) is 0 Å². The van der Waals surface area contributed by atoms with Crippen LogP contribution in [0, 0.1) is 5.92 Å². The van der Waals surface area contributed by atoms with Gasteiger partial charge in [-0.05, 0) is 30.0 Å². The average Bonchev–Trinajstić information content (AvgIpc) is 3.29. The third kappa shape index (κ3) is 3.33. The molecule has 1 atom stereocenters. The number of hydrogen-bond acceptors (Lipinski definition) is 2. The molecule has 1 amide bonds. The number of rotatable bonds is 4. The summed E-state index contributed by atoms with van der Waals surface area (Å²) in [6, 6.07) is 7.99. The number of carbonyl (C=O) groups is 1. The van der Waals surface area contributed by atoms with Gasteiger partial charge in [0.05, 0.1) is 6.04 Å². The molecule has 0 radical (unpaired) electrons. The van der Waals surface area contributed by atoms with Crippen molar-refractivity contribution in [3.05, 3.63) is 34.9 Å². The van der Waals surface area contributed by atoms with Gasteiger partial charge in [-0.15, -0.1) is 0 Å². The number of benzene rings is 1. The topological polar surface area (TPSA) is 32.3 Å². The fourth-order valence-electron chi connectivity index (χ4n) is 2.89. The van der Waals surface area contributed by atoms with Gasteiger partial charge in [0.15, 0.2) is 0 Å². The van der Waals surface area contributed by atoms with Crippen molar-refractivity contribution in [2.75, 3.05) is 19.6 Å². The number of hydrogen-bond donors (Lipinski definition) is 1. The third-order valence-electron chi connectivity index (χ3n) is 4.26. The second kappa shape index (κ2) is 6.15. The van der Waals surface area contributed by atoms with E-state index in [4.69, 9.17) is 11.6 Å². The quantitative estimate of drug-likeness (QED) is 0.925. The summed E-state index contributed by atoms with van der Waals surface area (Å²) in [7, 11) is 0. The minimum absolute atomic E-state index is 0.120. The zero-order chi connectivity index (χ0) is 13.9. The lowest BCUT2D eigenvalue weighted by atomic mass is 10.0. The Bertz CT molecular complexity index is 487. The number of amides is 1. The first-order valence-corrected chi connectivity index (χ1v) is 7.87. The lowest BCUT2D eigenvalue weighted by Gasteiger charge is -2.36. The summed E-state index contributed by atoms with van der Waals surface area (Å²) in [6.07, 6.45) is 4.38. The van der Waals surface area contributed by atoms with Crippen LogP contribution in [0.4, 0.5) is 0 Å². The van der Waals surface area contributed by atoms with E-state index < -0.39 is 0 Å². The third-order valence-corrected chi connectivity index (χ3v) is 4.50. The van der Waals surface area contributed by atoms with E-state index in [0.29, 0.717) is 12.3 Å². The number of carbonyl (C=O) groups excluding carboxylic acids is 1. The maximum atomic E-state index is 12.5. The Morgan fingerprint density at radius 3 is 3.00 bits per heavy atom. The second-order valence-corrected chi connectivity index (χ2v) is 6.28. The minimum atomic E-state index is 0.120. The number of halogens is 1. The molecule has 1 N–H and O–H groups in total. The summed E-state index contributed by atoms with van der Waals surface area (Å²) >= 11 is 6.08. The van der Waals surface area contributed by atoms with Crippen molar-refractivity contribution < 1.29 is 4.79 Å². The predicted molar refractivity (Wildman–Crippen MR) is 80.7 cm³/mol. The van der Waals surface area contributed by atoms with Crippen LogP contribution in [0.5, 0.6) is 0 Å². The molecule has 3 nitrogen and oxygen atoms in total. The smallest absolute Gasteiger partial charge is 0.223 e. The molecular formula is C16H21ClN2O. The SMILES string of the molecule is O=C(CCC1CC1)N1CCNCC1c1cccc(Cl)c1. The highest BCUT2D eigenvalue weighted by Gasteiger charge is 2.29. The Hall–Kier alpha value is -1.06. The molecule has 1 aliphatic carbocycles. The van der Waals surface area contributed by atoms with Gasteiger partial charge in [0.25, 0.3) is 0 Å². The first-order valence-electron chi connectivity index (χ1n) is 7.49. The molecule has 108 valence electrons. The molecule has 1 unspecified atom stereocenters. The van der Waals surface area contributed by atoms with Crippen LogP contribution in [0.1, 0.15) is 37.3 Å². The maximum Gasteiger partial charge on any atom is 0.223 e. The van der Waals surface area contributed by atoms with E-state index in [-0.39, 0.29) is 6.04 Å². The van der Waals surface area contributed by atoms with Crippen LogP contribution >= 0.6 is 11.6 Å². The molecule has 4 heteroatoms. The standard InChI is InChI=1S/C16H21ClN2O/c17-14-3-1-2-13(10-14)15-11-18-8-9-19(15)16(20)7-6-12-4-5-12/h1-3,10,12,15,18H,4-9,11H2. The van der Waals surface area contributed by atoms with Gasteiger partial charge in [-0.25, -0.2) is 0 Å². The summed E-state index contributed by atoms with van der Waals surface area (Å²) in [5.74, 6) is 1.11. The van der Waals surface area contributed by atoms with Crippen molar-refractivity contribution in [2.24, 2.45) is 5.92 Å². The van der Waals surface area contributed by atoms with E-state index in [0.717, 1.165) is 42.6 Å². The van der Waals surface area contributed by atoms with E-state index in [9.17, 15) is 4.79 Å². The highest BCUT2D eigenvalue weighted by Crippen LogP contribution is 2.34. The van der Waals surface area contributed by atoms with E-state index in [2.05, 4.69) is 11.4 Å². The molecule has 2 fully saturated rings. The Labute approximate surface area is 125 Å². The monoisotopic (exact) mass is 292 g/mol. The van der Waals surface area contributed by atoms with Crippen molar-refractivity contribution in [2.45, 2.75) is 31.7 Å². The van der Waals surface area contributed by atoms with Gasteiger partial charge in [0.1, 0.15) is 0 Å². The van der Waals surface area contributed by atoms with Gasteiger partial charge in [-0.2, -0.15) is 0 Å². The fraction of sp³-hybridized carbons (Fsp3) is 0.562. The van der Waals surface area contributed by atoms with Crippen LogP contribution in [0.2, 0.25) is 5.02 Å². The van der Waals surface area contributed by atoms with Crippen LogP contribution in [-0.4, -0.2) is 30.4 Å². The Kier molecular flexibility index (Phi) is 4.27. The molecule has 0 spiro atoms. The van der Waals surface area contributed by atoms with E-state index >= 15 is 0 Å². The van der Waals surface area contributed by atoms with Gasteiger partial charge in [-0.3, -0.25) is 4.79 Å². The normalized spacial score (nSPS) is 22.9. The molecule has 3 rings (SSSR count). The lowest BCUT2D eigenvalue weighted by molar-refractivity contribution is -0.134. The Morgan fingerprint density at radius 2 is 2.25 bits per heavy atom. The first-order chi connectivity index (χ1) is 9.74. The molecule has 1 aromatic carbocycles. The summed E-state index contributed by atoms with van der Waals surface area (Å²) in [4.78, 5) is 14.5. The maximum absolute atomic E-state index is 12.5. The highest BCUT2D eigenvalue weighted by molar-refractivity contribution is 6.30. The Morgan fingerprint density at radius 1 is 1.40 bits per heavy atom. The molecule has 20 heavy (non-hydrogen) atoms. The van der Waals surface area contributed by atoms with E-state index in [1.54, 1.807) is 0 Å².